The van der Waals surface area contributed by atoms with Crippen LogP contribution in [0.15, 0.2) is 42.5 Å². The molecule has 0 aromatic heterocycles. The number of rotatable bonds is 6. The smallest absolute Gasteiger partial charge is 0.394 e. The molecule has 1 N–H and O–H groups in total. The third-order valence-electron chi connectivity index (χ3n) is 4.12. The first-order chi connectivity index (χ1) is 11.6. The van der Waals surface area contributed by atoms with Crippen LogP contribution in [-0.2, 0) is 19.1 Å². The quantitative estimate of drug-likeness (QED) is 0.648. The van der Waals surface area contributed by atoms with Gasteiger partial charge in [-0.05, 0) is 24.5 Å². The van der Waals surface area contributed by atoms with Gasteiger partial charge in [0, 0.05) is 11.1 Å². The van der Waals surface area contributed by atoms with Crippen molar-refractivity contribution < 1.29 is 19.1 Å². The van der Waals surface area contributed by atoms with Gasteiger partial charge in [0.05, 0.1) is 6.54 Å². The fourth-order valence-corrected chi connectivity index (χ4v) is 2.84. The zero-order chi connectivity index (χ0) is 17.2. The molecule has 0 unspecified atom stereocenters. The highest BCUT2D eigenvalue weighted by Gasteiger charge is 2.50. The summed E-state index contributed by atoms with van der Waals surface area (Å²) in [7, 11) is 0. The number of benzene rings is 2. The number of carbonyl (C=O) groups excluding carboxylic acids is 2. The summed E-state index contributed by atoms with van der Waals surface area (Å²) in [4.78, 5) is 25.3. The van der Waals surface area contributed by atoms with E-state index in [0.717, 1.165) is 29.5 Å². The highest BCUT2D eigenvalue weighted by Crippen LogP contribution is 2.30. The number of hydrogen-bond acceptors (Lipinski definition) is 6. The van der Waals surface area contributed by atoms with Crippen molar-refractivity contribution in [3.8, 4) is 0 Å². The number of esters is 2. The minimum atomic E-state index is -1.51. The molecule has 126 valence electrons. The van der Waals surface area contributed by atoms with Crippen molar-refractivity contribution in [2.24, 2.45) is 0 Å². The lowest BCUT2D eigenvalue weighted by molar-refractivity contribution is -0.172. The van der Waals surface area contributed by atoms with Crippen LogP contribution in [0.5, 0.6) is 0 Å². The Hall–Kier alpha value is -2.60. The zero-order valence-corrected chi connectivity index (χ0v) is 13.7. The third-order valence-corrected chi connectivity index (χ3v) is 4.12. The van der Waals surface area contributed by atoms with Crippen molar-refractivity contribution in [1.82, 2.24) is 4.90 Å². The monoisotopic (exact) mass is 328 g/mol. The molecule has 0 spiro atoms. The van der Waals surface area contributed by atoms with Crippen LogP contribution >= 0.6 is 0 Å². The number of nitrogens with zero attached hydrogens (tertiary/aromatic N) is 1. The van der Waals surface area contributed by atoms with Crippen LogP contribution in [0.3, 0.4) is 0 Å². The molecule has 0 aliphatic carbocycles. The SMILES string of the molecule is CCN(CC)CC1(Nc2cccc3ccccc23)OC(=O)C(=O)O1. The van der Waals surface area contributed by atoms with E-state index in [0.29, 0.717) is 0 Å². The van der Waals surface area contributed by atoms with Crippen molar-refractivity contribution in [2.45, 2.75) is 19.8 Å². The molecule has 0 radical (unpaired) electrons. The maximum Gasteiger partial charge on any atom is 0.422 e. The van der Waals surface area contributed by atoms with Crippen LogP contribution in [0.4, 0.5) is 5.69 Å². The Kier molecular flexibility index (Phi) is 4.40. The summed E-state index contributed by atoms with van der Waals surface area (Å²) in [6.07, 6.45) is 0. The Balaban J connectivity index is 1.97. The van der Waals surface area contributed by atoms with Gasteiger partial charge in [-0.25, -0.2) is 9.59 Å². The van der Waals surface area contributed by atoms with Gasteiger partial charge >= 0.3 is 17.8 Å². The summed E-state index contributed by atoms with van der Waals surface area (Å²) in [5.41, 5.74) is 0.739. The van der Waals surface area contributed by atoms with E-state index in [1.165, 1.54) is 0 Å². The van der Waals surface area contributed by atoms with E-state index in [1.54, 1.807) is 0 Å². The molecule has 1 aliphatic rings. The number of cyclic esters (lactones) is 2. The van der Waals surface area contributed by atoms with Crippen LogP contribution in [-0.4, -0.2) is 42.4 Å². The Bertz CT molecular complexity index is 749. The van der Waals surface area contributed by atoms with Crippen LogP contribution in [0.1, 0.15) is 13.8 Å². The Labute approximate surface area is 140 Å². The molecule has 0 bridgehead atoms. The van der Waals surface area contributed by atoms with Crippen molar-refractivity contribution >= 4 is 28.4 Å². The second-order valence-corrected chi connectivity index (χ2v) is 5.65. The minimum Gasteiger partial charge on any atom is -0.394 e. The second kappa shape index (κ2) is 6.49. The van der Waals surface area contributed by atoms with Crippen molar-refractivity contribution in [2.75, 3.05) is 25.0 Å². The average molecular weight is 328 g/mol. The fourth-order valence-electron chi connectivity index (χ4n) is 2.84. The summed E-state index contributed by atoms with van der Waals surface area (Å²) in [6, 6.07) is 13.6. The fraction of sp³-hybridized carbons (Fsp3) is 0.333. The first-order valence-electron chi connectivity index (χ1n) is 8.01. The van der Waals surface area contributed by atoms with Gasteiger partial charge in [0.2, 0.25) is 0 Å². The molecule has 0 amide bonds. The summed E-state index contributed by atoms with van der Waals surface area (Å²) in [5.74, 6) is -3.46. The van der Waals surface area contributed by atoms with Crippen molar-refractivity contribution in [3.05, 3.63) is 42.5 Å². The molecular weight excluding hydrogens is 308 g/mol. The molecule has 0 atom stereocenters. The van der Waals surface area contributed by atoms with Gasteiger partial charge in [-0.3, -0.25) is 4.90 Å². The second-order valence-electron chi connectivity index (χ2n) is 5.65. The molecule has 1 heterocycles. The van der Waals surface area contributed by atoms with E-state index >= 15 is 0 Å². The summed E-state index contributed by atoms with van der Waals surface area (Å²) in [5, 5.41) is 5.12. The lowest BCUT2D eigenvalue weighted by Crippen LogP contribution is -2.50. The molecule has 6 heteroatoms. The van der Waals surface area contributed by atoms with E-state index in [4.69, 9.17) is 9.47 Å². The Morgan fingerprint density at radius 3 is 2.25 bits per heavy atom. The Morgan fingerprint density at radius 1 is 0.958 bits per heavy atom. The number of ether oxygens (including phenoxy) is 2. The normalized spacial score (nSPS) is 16.3. The topological polar surface area (TPSA) is 67.9 Å². The molecule has 2 aromatic rings. The number of fused-ring (bicyclic) bond motifs is 1. The summed E-state index contributed by atoms with van der Waals surface area (Å²) >= 11 is 0. The number of nitrogens with one attached hydrogen (secondary N) is 1. The lowest BCUT2D eigenvalue weighted by Gasteiger charge is -2.32. The first kappa shape index (κ1) is 16.3. The molecule has 2 aromatic carbocycles. The Morgan fingerprint density at radius 2 is 1.58 bits per heavy atom. The van der Waals surface area contributed by atoms with E-state index in [2.05, 4.69) is 5.32 Å². The van der Waals surface area contributed by atoms with E-state index < -0.39 is 17.8 Å². The number of anilines is 1. The van der Waals surface area contributed by atoms with Gasteiger partial charge in [-0.15, -0.1) is 0 Å². The summed E-state index contributed by atoms with van der Waals surface area (Å²) < 4.78 is 10.6. The van der Waals surface area contributed by atoms with E-state index in [-0.39, 0.29) is 6.54 Å². The minimum absolute atomic E-state index is 0.251. The maximum atomic E-state index is 11.6. The van der Waals surface area contributed by atoms with Crippen molar-refractivity contribution in [3.63, 3.8) is 0 Å². The van der Waals surface area contributed by atoms with Crippen LogP contribution in [0, 0.1) is 0 Å². The lowest BCUT2D eigenvalue weighted by atomic mass is 10.1. The predicted molar refractivity (Wildman–Crippen MR) is 90.3 cm³/mol. The number of likely N-dealkylation sites (N-methyl/N-ethyl adjacent to an activating group) is 1. The van der Waals surface area contributed by atoms with Crippen molar-refractivity contribution in [1.29, 1.82) is 0 Å². The van der Waals surface area contributed by atoms with Gasteiger partial charge in [0.1, 0.15) is 0 Å². The molecule has 1 saturated heterocycles. The molecular formula is C18H20N2O4. The summed E-state index contributed by atoms with van der Waals surface area (Å²) in [6.45, 7) is 5.72. The molecule has 6 nitrogen and oxygen atoms in total. The van der Waals surface area contributed by atoms with Gasteiger partial charge in [0.15, 0.2) is 0 Å². The van der Waals surface area contributed by atoms with Gasteiger partial charge in [-0.1, -0.05) is 50.2 Å². The van der Waals surface area contributed by atoms with Gasteiger partial charge in [0.25, 0.3) is 0 Å². The highest BCUT2D eigenvalue weighted by molar-refractivity contribution is 6.31. The van der Waals surface area contributed by atoms with Crippen LogP contribution < -0.4 is 5.32 Å². The van der Waals surface area contributed by atoms with Gasteiger partial charge < -0.3 is 14.8 Å². The number of hydrogen-bond donors (Lipinski definition) is 1. The molecule has 1 fully saturated rings. The zero-order valence-electron chi connectivity index (χ0n) is 13.7. The molecule has 3 rings (SSSR count). The van der Waals surface area contributed by atoms with E-state index in [1.807, 2.05) is 61.2 Å². The third kappa shape index (κ3) is 3.05. The molecule has 0 saturated carbocycles. The molecule has 1 aliphatic heterocycles. The van der Waals surface area contributed by atoms with Gasteiger partial charge in [-0.2, -0.15) is 0 Å². The maximum absolute atomic E-state index is 11.6. The van der Waals surface area contributed by atoms with Crippen LogP contribution in [0.2, 0.25) is 0 Å². The number of carbonyl (C=O) groups is 2. The van der Waals surface area contributed by atoms with Crippen LogP contribution in [0.25, 0.3) is 10.8 Å². The standard InChI is InChI=1S/C18H20N2O4/c1-3-20(4-2)12-18(23-16(21)17(22)24-18)19-15-11-7-9-13-8-5-6-10-14(13)15/h5-11,19H,3-4,12H2,1-2H3. The average Bonchev–Trinajstić information content (AvgIpc) is 2.87. The highest BCUT2D eigenvalue weighted by atomic mass is 16.8. The van der Waals surface area contributed by atoms with E-state index in [9.17, 15) is 9.59 Å². The molecule has 24 heavy (non-hydrogen) atoms. The largest absolute Gasteiger partial charge is 0.422 e. The first-order valence-corrected chi connectivity index (χ1v) is 8.01. The predicted octanol–water partition coefficient (Wildman–Crippen LogP) is 2.35.